The van der Waals surface area contributed by atoms with Crippen LogP contribution in [0.4, 0.5) is 10.1 Å². The van der Waals surface area contributed by atoms with E-state index in [1.807, 2.05) is 19.9 Å². The third-order valence-electron chi connectivity index (χ3n) is 9.44. The Hall–Kier alpha value is -3.44. The minimum Gasteiger partial charge on any atom is -0.382 e. The van der Waals surface area contributed by atoms with Crippen molar-refractivity contribution in [2.75, 3.05) is 37.2 Å². The third-order valence-corrected chi connectivity index (χ3v) is 11.6. The Kier molecular flexibility index (Phi) is 8.21. The predicted octanol–water partition coefficient (Wildman–Crippen LogP) is 4.49. The van der Waals surface area contributed by atoms with Gasteiger partial charge in [0.2, 0.25) is 15.9 Å². The van der Waals surface area contributed by atoms with E-state index in [1.165, 1.54) is 28.9 Å². The summed E-state index contributed by atoms with van der Waals surface area (Å²) < 4.78 is 42.6. The number of hydrogen-bond acceptors (Lipinski definition) is 6. The van der Waals surface area contributed by atoms with Crippen molar-refractivity contribution in [3.63, 3.8) is 0 Å². The van der Waals surface area contributed by atoms with E-state index in [9.17, 15) is 22.4 Å². The molecular weight excluding hydrogens is 581 g/mol. The number of hydrogen-bond donors (Lipinski definition) is 3. The van der Waals surface area contributed by atoms with E-state index < -0.39 is 27.2 Å². The van der Waals surface area contributed by atoms with E-state index in [0.717, 1.165) is 50.9 Å². The van der Waals surface area contributed by atoms with Crippen LogP contribution < -0.4 is 16.4 Å². The smallest absolute Gasteiger partial charge is 0.250 e. The van der Waals surface area contributed by atoms with Crippen molar-refractivity contribution in [1.82, 2.24) is 14.2 Å². The fraction of sp³-hybridized carbons (Fsp3) is 0.515. The normalized spacial score (nSPS) is 22.9. The molecule has 3 heterocycles. The second kappa shape index (κ2) is 11.8. The quantitative estimate of drug-likeness (QED) is 0.340. The van der Waals surface area contributed by atoms with Crippen molar-refractivity contribution in [3.8, 4) is 11.1 Å². The lowest BCUT2D eigenvalue weighted by Crippen LogP contribution is -2.39. The van der Waals surface area contributed by atoms with Crippen LogP contribution >= 0.6 is 0 Å². The number of aromatic nitrogens is 1. The summed E-state index contributed by atoms with van der Waals surface area (Å²) in [4.78, 5) is 27.7. The van der Waals surface area contributed by atoms with E-state index >= 15 is 0 Å². The van der Waals surface area contributed by atoms with Crippen molar-refractivity contribution < 1.29 is 22.4 Å². The second-order valence-electron chi connectivity index (χ2n) is 13.5. The fourth-order valence-corrected chi connectivity index (χ4v) is 9.55. The van der Waals surface area contributed by atoms with Gasteiger partial charge < -0.3 is 21.3 Å². The molecule has 2 fully saturated rings. The van der Waals surface area contributed by atoms with Crippen molar-refractivity contribution in [2.24, 2.45) is 17.1 Å². The van der Waals surface area contributed by atoms with Gasteiger partial charge in [-0.1, -0.05) is 19.9 Å². The van der Waals surface area contributed by atoms with Crippen LogP contribution in [0, 0.1) is 17.2 Å². The van der Waals surface area contributed by atoms with E-state index in [4.69, 9.17) is 5.73 Å². The molecule has 3 aliphatic rings. The minimum atomic E-state index is -3.73. The Morgan fingerprint density at radius 1 is 1.05 bits per heavy atom. The number of halogens is 1. The van der Waals surface area contributed by atoms with E-state index in [0.29, 0.717) is 46.4 Å². The number of fused-ring (bicyclic) bond motifs is 3. The first-order valence-electron chi connectivity index (χ1n) is 15.7. The monoisotopic (exact) mass is 623 g/mol. The van der Waals surface area contributed by atoms with Crippen molar-refractivity contribution in [1.29, 1.82) is 0 Å². The highest BCUT2D eigenvalue weighted by molar-refractivity contribution is 7.90. The highest BCUT2D eigenvalue weighted by atomic mass is 32.2. The number of nitrogens with zero attached hydrogens (tertiary/aromatic N) is 2. The van der Waals surface area contributed by atoms with Gasteiger partial charge >= 0.3 is 0 Å². The van der Waals surface area contributed by atoms with Crippen LogP contribution in [0.2, 0.25) is 0 Å². The highest BCUT2D eigenvalue weighted by Crippen LogP contribution is 2.44. The Morgan fingerprint density at radius 2 is 1.77 bits per heavy atom. The molecule has 1 aromatic heterocycles. The molecular formula is C33H42FN5O4S. The summed E-state index contributed by atoms with van der Waals surface area (Å²) in [5, 5.41) is 7.27. The average molecular weight is 624 g/mol. The number of anilines is 1. The van der Waals surface area contributed by atoms with Crippen LogP contribution in [0.5, 0.6) is 0 Å². The van der Waals surface area contributed by atoms with Gasteiger partial charge in [0, 0.05) is 47.4 Å². The maximum Gasteiger partial charge on any atom is 0.250 e. The highest BCUT2D eigenvalue weighted by Gasteiger charge is 2.39. The van der Waals surface area contributed by atoms with Crippen molar-refractivity contribution in [3.05, 3.63) is 53.5 Å². The largest absolute Gasteiger partial charge is 0.382 e. The second-order valence-corrected chi connectivity index (χ2v) is 15.3. The molecule has 1 aliphatic carbocycles. The third kappa shape index (κ3) is 6.08. The number of carbonyl (C=O) groups excluding carboxylic acids is 2. The van der Waals surface area contributed by atoms with Gasteiger partial charge in [0.05, 0.1) is 16.8 Å². The molecule has 2 aliphatic heterocycles. The molecule has 236 valence electrons. The molecule has 1 saturated heterocycles. The van der Waals surface area contributed by atoms with Crippen LogP contribution in [0.15, 0.2) is 36.4 Å². The molecule has 4 N–H and O–H groups in total. The first-order chi connectivity index (χ1) is 20.9. The standard InChI is InChI=1S/C33H42FN5O4S/c1-33(2)19-29-30(26-12-8-23(34)18-28(26)39(29)44(42,43)20-33)22-7-11-25(31(35)40)27(17-22)37-24-9-5-21(6-10-24)32(41)36-13-16-38-14-3-4-15-38/h7-8,11-12,17-18,21,24,37H,3-6,9-10,13-16,19-20H2,1-2H3,(H2,35,40)(H,36,41). The molecule has 6 rings (SSSR count). The summed E-state index contributed by atoms with van der Waals surface area (Å²) in [5.41, 5.74) is 8.53. The SMILES string of the molecule is CC1(C)Cc2c(-c3ccc(C(N)=O)c(NC4CCC(C(=O)NCCN5CCCC5)CC4)c3)c3ccc(F)cc3n2S(=O)(=O)C1. The number of carbonyl (C=O) groups is 2. The lowest BCUT2D eigenvalue weighted by molar-refractivity contribution is -0.126. The van der Waals surface area contributed by atoms with Crippen molar-refractivity contribution >= 4 is 38.4 Å². The molecule has 0 bridgehead atoms. The summed E-state index contributed by atoms with van der Waals surface area (Å²) in [5.74, 6) is -1.04. The summed E-state index contributed by atoms with van der Waals surface area (Å²) in [6.07, 6.45) is 5.98. The van der Waals surface area contributed by atoms with Gasteiger partial charge in [-0.25, -0.2) is 16.8 Å². The van der Waals surface area contributed by atoms with Gasteiger partial charge in [0.25, 0.3) is 5.91 Å². The zero-order valence-corrected chi connectivity index (χ0v) is 26.3. The molecule has 2 amide bonds. The summed E-state index contributed by atoms with van der Waals surface area (Å²) in [6, 6.07) is 9.59. The number of amides is 2. The van der Waals surface area contributed by atoms with Gasteiger partial charge in [-0.05, 0) is 99.3 Å². The van der Waals surface area contributed by atoms with Gasteiger partial charge in [0.1, 0.15) is 5.82 Å². The maximum absolute atomic E-state index is 14.4. The van der Waals surface area contributed by atoms with Gasteiger partial charge in [0.15, 0.2) is 0 Å². The molecule has 0 radical (unpaired) electrons. The molecule has 1 saturated carbocycles. The van der Waals surface area contributed by atoms with Gasteiger partial charge in [-0.2, -0.15) is 0 Å². The number of benzene rings is 2. The molecule has 9 nitrogen and oxygen atoms in total. The fourth-order valence-electron chi connectivity index (χ4n) is 7.39. The molecule has 44 heavy (non-hydrogen) atoms. The van der Waals surface area contributed by atoms with Crippen LogP contribution in [0.25, 0.3) is 22.0 Å². The number of rotatable bonds is 8. The first-order valence-corrected chi connectivity index (χ1v) is 17.3. The molecule has 3 aromatic rings. The molecule has 2 aromatic carbocycles. The Labute approximate surface area is 258 Å². The van der Waals surface area contributed by atoms with E-state index in [-0.39, 0.29) is 23.6 Å². The summed E-state index contributed by atoms with van der Waals surface area (Å²) >= 11 is 0. The van der Waals surface area contributed by atoms with E-state index in [1.54, 1.807) is 18.2 Å². The Morgan fingerprint density at radius 3 is 2.48 bits per heavy atom. The maximum atomic E-state index is 14.4. The number of nitrogens with one attached hydrogen (secondary N) is 2. The van der Waals surface area contributed by atoms with E-state index in [2.05, 4.69) is 15.5 Å². The van der Waals surface area contributed by atoms with Crippen LogP contribution in [-0.4, -0.2) is 67.1 Å². The molecule has 0 unspecified atom stereocenters. The number of likely N-dealkylation sites (tertiary alicyclic amines) is 1. The molecule has 0 spiro atoms. The van der Waals surface area contributed by atoms with Gasteiger partial charge in [-0.15, -0.1) is 0 Å². The molecule has 0 atom stereocenters. The summed E-state index contributed by atoms with van der Waals surface area (Å²) in [7, 11) is -3.73. The van der Waals surface area contributed by atoms with Crippen molar-refractivity contribution in [2.45, 2.75) is 64.8 Å². The Bertz CT molecular complexity index is 1700. The van der Waals surface area contributed by atoms with Crippen LogP contribution in [-0.2, 0) is 21.2 Å². The minimum absolute atomic E-state index is 0.0292. The van der Waals surface area contributed by atoms with Crippen LogP contribution in [0.3, 0.4) is 0 Å². The number of primary amides is 1. The zero-order chi connectivity index (χ0) is 31.2. The van der Waals surface area contributed by atoms with Crippen LogP contribution in [0.1, 0.15) is 68.4 Å². The average Bonchev–Trinajstić information content (AvgIpc) is 3.58. The number of nitrogens with two attached hydrogens (primary N) is 1. The summed E-state index contributed by atoms with van der Waals surface area (Å²) in [6.45, 7) is 7.63. The topological polar surface area (TPSA) is 127 Å². The zero-order valence-electron chi connectivity index (χ0n) is 25.5. The predicted molar refractivity (Wildman–Crippen MR) is 171 cm³/mol. The van der Waals surface area contributed by atoms with Gasteiger partial charge in [-0.3, -0.25) is 9.59 Å². The lowest BCUT2D eigenvalue weighted by Gasteiger charge is -2.31. The Balaban J connectivity index is 1.25. The molecule has 11 heteroatoms. The first kappa shape index (κ1) is 30.6. The lowest BCUT2D eigenvalue weighted by atomic mass is 9.85.